The number of rotatable bonds is 3. The second-order valence-electron chi connectivity index (χ2n) is 9.90. The summed E-state index contributed by atoms with van der Waals surface area (Å²) in [6.07, 6.45) is 1.53. The Labute approximate surface area is 180 Å². The first-order chi connectivity index (χ1) is 13.5. The maximum absolute atomic E-state index is 12.0. The third-order valence-electron chi connectivity index (χ3n) is 5.35. The molecule has 1 aliphatic rings. The van der Waals surface area contributed by atoms with E-state index in [0.29, 0.717) is 24.5 Å². The Bertz CT molecular complexity index is 651. The van der Waals surface area contributed by atoms with Gasteiger partial charge < -0.3 is 29.9 Å². The zero-order valence-electron chi connectivity index (χ0n) is 19.3. The normalized spacial score (nSPS) is 15.9. The molecule has 1 heterocycles. The van der Waals surface area contributed by atoms with Crippen LogP contribution in [0.2, 0.25) is 0 Å². The van der Waals surface area contributed by atoms with Gasteiger partial charge in [-0.15, -0.1) is 0 Å². The molecule has 0 aromatic heterocycles. The number of carbonyl (C=O) groups excluding carboxylic acids is 1. The summed E-state index contributed by atoms with van der Waals surface area (Å²) in [6, 6.07) is 7.34. The number of amides is 1. The van der Waals surface area contributed by atoms with Gasteiger partial charge in [0.15, 0.2) is 0 Å². The number of aliphatic hydroxyl groups is 2. The van der Waals surface area contributed by atoms with Crippen LogP contribution in [-0.4, -0.2) is 68.3 Å². The molecule has 170 valence electrons. The lowest BCUT2D eigenvalue weighted by atomic mass is 9.78. The van der Waals surface area contributed by atoms with Crippen molar-refractivity contribution < 1.29 is 29.8 Å². The van der Waals surface area contributed by atoms with E-state index in [1.807, 2.05) is 32.9 Å². The van der Waals surface area contributed by atoms with E-state index in [-0.39, 0.29) is 6.09 Å². The second-order valence-corrected chi connectivity index (χ2v) is 9.90. The van der Waals surface area contributed by atoms with Crippen molar-refractivity contribution in [2.75, 3.05) is 13.1 Å². The van der Waals surface area contributed by atoms with E-state index in [9.17, 15) is 4.79 Å². The van der Waals surface area contributed by atoms with Crippen LogP contribution in [0.3, 0.4) is 0 Å². The molecule has 0 aliphatic carbocycles. The lowest BCUT2D eigenvalue weighted by Crippen LogP contribution is -2.44. The first kappa shape index (κ1) is 26.4. The quantitative estimate of drug-likeness (QED) is 0.554. The summed E-state index contributed by atoms with van der Waals surface area (Å²) in [6.45, 7) is 13.3. The number of piperidine rings is 1. The van der Waals surface area contributed by atoms with Crippen molar-refractivity contribution in [1.82, 2.24) is 4.90 Å². The molecule has 1 fully saturated rings. The minimum Gasteiger partial charge on any atom is -0.444 e. The highest BCUT2D eigenvalue weighted by Gasteiger charge is 2.32. The fourth-order valence-corrected chi connectivity index (χ4v) is 2.66. The van der Waals surface area contributed by atoms with E-state index in [1.165, 1.54) is 5.56 Å². The Hall–Kier alpha value is -1.61. The van der Waals surface area contributed by atoms with E-state index in [4.69, 9.17) is 25.0 Å². The fraction of sp³-hybridized carbons (Fsp3) is 0.682. The van der Waals surface area contributed by atoms with E-state index in [1.54, 1.807) is 44.7 Å². The minimum atomic E-state index is -1.43. The summed E-state index contributed by atoms with van der Waals surface area (Å²) in [4.78, 5) is 13.8. The Morgan fingerprint density at radius 2 is 1.37 bits per heavy atom. The first-order valence-electron chi connectivity index (χ1n) is 10.4. The second kappa shape index (κ2) is 10.1. The SMILES string of the molecule is CC(C)(C)OC(=O)N1CCC(c2ccc(B(O)O)cc2)CC1.CC(C)(O)C(C)(C)O. The van der Waals surface area contributed by atoms with Crippen molar-refractivity contribution in [3.63, 3.8) is 0 Å². The molecule has 7 nitrogen and oxygen atoms in total. The van der Waals surface area contributed by atoms with Gasteiger partial charge >= 0.3 is 13.2 Å². The average Bonchev–Trinajstić information content (AvgIpc) is 2.59. The van der Waals surface area contributed by atoms with E-state index >= 15 is 0 Å². The molecular formula is C22H38BNO6. The molecule has 8 heteroatoms. The molecule has 30 heavy (non-hydrogen) atoms. The van der Waals surface area contributed by atoms with Crippen LogP contribution in [0.4, 0.5) is 4.79 Å². The Balaban J connectivity index is 0.000000479. The average molecular weight is 423 g/mol. The number of benzene rings is 1. The third-order valence-corrected chi connectivity index (χ3v) is 5.35. The van der Waals surface area contributed by atoms with Gasteiger partial charge in [0, 0.05) is 13.1 Å². The summed E-state index contributed by atoms with van der Waals surface area (Å²) in [5, 5.41) is 36.4. The molecule has 0 spiro atoms. The van der Waals surface area contributed by atoms with Crippen molar-refractivity contribution in [3.05, 3.63) is 29.8 Å². The maximum atomic E-state index is 12.0. The van der Waals surface area contributed by atoms with E-state index < -0.39 is 23.9 Å². The Morgan fingerprint density at radius 1 is 0.933 bits per heavy atom. The van der Waals surface area contributed by atoms with Crippen LogP contribution in [0, 0.1) is 0 Å². The molecule has 1 amide bonds. The van der Waals surface area contributed by atoms with Crippen molar-refractivity contribution in [2.24, 2.45) is 0 Å². The number of ether oxygens (including phenoxy) is 1. The van der Waals surface area contributed by atoms with Crippen LogP contribution >= 0.6 is 0 Å². The molecule has 0 atom stereocenters. The number of likely N-dealkylation sites (tertiary alicyclic amines) is 1. The predicted octanol–water partition coefficient (Wildman–Crippen LogP) is 2.01. The third kappa shape index (κ3) is 8.64. The van der Waals surface area contributed by atoms with Gasteiger partial charge in [-0.3, -0.25) is 0 Å². The summed E-state index contributed by atoms with van der Waals surface area (Å²) in [5.74, 6) is 0.392. The van der Waals surface area contributed by atoms with Crippen LogP contribution in [0.15, 0.2) is 24.3 Å². The van der Waals surface area contributed by atoms with Crippen molar-refractivity contribution in [2.45, 2.75) is 84.0 Å². The zero-order chi connectivity index (χ0) is 23.3. The molecule has 4 N–H and O–H groups in total. The van der Waals surface area contributed by atoms with E-state index in [0.717, 1.165) is 12.8 Å². The van der Waals surface area contributed by atoms with Gasteiger partial charge in [-0.05, 0) is 78.3 Å². The number of hydrogen-bond donors (Lipinski definition) is 4. The van der Waals surface area contributed by atoms with Crippen LogP contribution in [0.1, 0.15) is 72.8 Å². The van der Waals surface area contributed by atoms with Crippen LogP contribution in [-0.2, 0) is 4.74 Å². The van der Waals surface area contributed by atoms with Crippen molar-refractivity contribution in [3.8, 4) is 0 Å². The topological polar surface area (TPSA) is 110 Å². The molecule has 0 unspecified atom stereocenters. The van der Waals surface area contributed by atoms with Gasteiger partial charge in [0.2, 0.25) is 0 Å². The van der Waals surface area contributed by atoms with Crippen LogP contribution in [0.25, 0.3) is 0 Å². The lowest BCUT2D eigenvalue weighted by Gasteiger charge is -2.33. The highest BCUT2D eigenvalue weighted by atomic mass is 16.6. The number of nitrogens with zero attached hydrogens (tertiary/aromatic N) is 1. The zero-order valence-corrected chi connectivity index (χ0v) is 19.3. The summed E-state index contributed by atoms with van der Waals surface area (Å²) in [7, 11) is -1.43. The van der Waals surface area contributed by atoms with Gasteiger partial charge in [0.25, 0.3) is 0 Å². The smallest absolute Gasteiger partial charge is 0.444 e. The van der Waals surface area contributed by atoms with Gasteiger partial charge in [-0.2, -0.15) is 0 Å². The van der Waals surface area contributed by atoms with Crippen LogP contribution < -0.4 is 5.46 Å². The van der Waals surface area contributed by atoms with Gasteiger partial charge in [-0.1, -0.05) is 24.3 Å². The summed E-state index contributed by atoms with van der Waals surface area (Å²) < 4.78 is 5.39. The molecule has 1 aliphatic heterocycles. The number of carbonyl (C=O) groups is 1. The van der Waals surface area contributed by atoms with Crippen molar-refractivity contribution in [1.29, 1.82) is 0 Å². The molecule has 1 aromatic rings. The molecule has 2 rings (SSSR count). The molecule has 0 bridgehead atoms. The Morgan fingerprint density at radius 3 is 1.70 bits per heavy atom. The van der Waals surface area contributed by atoms with Crippen molar-refractivity contribution >= 4 is 18.7 Å². The monoisotopic (exact) mass is 423 g/mol. The summed E-state index contributed by atoms with van der Waals surface area (Å²) in [5.41, 5.74) is -0.808. The molecule has 1 saturated heterocycles. The predicted molar refractivity (Wildman–Crippen MR) is 119 cm³/mol. The minimum absolute atomic E-state index is 0.246. The maximum Gasteiger partial charge on any atom is 0.488 e. The van der Waals surface area contributed by atoms with E-state index in [2.05, 4.69) is 0 Å². The number of hydrogen-bond acceptors (Lipinski definition) is 6. The van der Waals surface area contributed by atoms with Gasteiger partial charge in [-0.25, -0.2) is 4.79 Å². The molecule has 0 saturated carbocycles. The summed E-state index contributed by atoms with van der Waals surface area (Å²) >= 11 is 0. The highest BCUT2D eigenvalue weighted by Crippen LogP contribution is 2.28. The van der Waals surface area contributed by atoms with Gasteiger partial charge in [0.05, 0.1) is 11.2 Å². The molecule has 0 radical (unpaired) electrons. The largest absolute Gasteiger partial charge is 0.488 e. The highest BCUT2D eigenvalue weighted by molar-refractivity contribution is 6.58. The Kier molecular flexibility index (Phi) is 8.93. The molecular weight excluding hydrogens is 385 g/mol. The first-order valence-corrected chi connectivity index (χ1v) is 10.4. The fourth-order valence-electron chi connectivity index (χ4n) is 2.66. The lowest BCUT2D eigenvalue weighted by molar-refractivity contribution is -0.107. The van der Waals surface area contributed by atoms with Gasteiger partial charge in [0.1, 0.15) is 5.60 Å². The van der Waals surface area contributed by atoms with Crippen LogP contribution in [0.5, 0.6) is 0 Å². The standard InChI is InChI=1S/C16H24BNO4.C6H14O2/c1-16(2,3)22-15(19)18-10-8-13(9-11-18)12-4-6-14(7-5-12)17(20)21;1-5(2,7)6(3,4)8/h4-7,13,20-21H,8-11H2,1-3H3;7-8H,1-4H3. The molecule has 1 aromatic carbocycles.